The summed E-state index contributed by atoms with van der Waals surface area (Å²) in [5.41, 5.74) is 2.62. The van der Waals surface area contributed by atoms with Crippen molar-refractivity contribution in [1.29, 1.82) is 0 Å². The number of amides is 1. The van der Waals surface area contributed by atoms with E-state index in [1.165, 1.54) is 11.1 Å². The van der Waals surface area contributed by atoms with E-state index in [1.807, 2.05) is 42.2 Å². The van der Waals surface area contributed by atoms with Gasteiger partial charge >= 0.3 is 0 Å². The minimum Gasteiger partial charge on any atom is -0.481 e. The predicted octanol–water partition coefficient (Wildman–Crippen LogP) is 3.50. The summed E-state index contributed by atoms with van der Waals surface area (Å²) >= 11 is 0. The zero-order valence-electron chi connectivity index (χ0n) is 15.7. The molecule has 0 radical (unpaired) electrons. The Kier molecular flexibility index (Phi) is 6.29. The van der Waals surface area contributed by atoms with E-state index in [-0.39, 0.29) is 5.91 Å². The molecule has 1 amide bonds. The monoisotopic (exact) mass is 352 g/mol. The van der Waals surface area contributed by atoms with Crippen LogP contribution in [-0.2, 0) is 11.3 Å². The van der Waals surface area contributed by atoms with E-state index in [0.29, 0.717) is 0 Å². The molecule has 1 aliphatic rings. The van der Waals surface area contributed by atoms with E-state index < -0.39 is 6.10 Å². The van der Waals surface area contributed by atoms with Gasteiger partial charge in [0.1, 0.15) is 5.75 Å². The third kappa shape index (κ3) is 5.09. The molecule has 0 saturated carbocycles. The summed E-state index contributed by atoms with van der Waals surface area (Å²) in [6, 6.07) is 18.2. The van der Waals surface area contributed by atoms with E-state index in [0.717, 1.165) is 44.9 Å². The SMILES string of the molecule is Cc1ccc(CN2CCCN(C(=O)C(C)Oc3ccccc3)CC2)cc1. The summed E-state index contributed by atoms with van der Waals surface area (Å²) in [6.45, 7) is 8.36. The Morgan fingerprint density at radius 2 is 1.73 bits per heavy atom. The largest absolute Gasteiger partial charge is 0.481 e. The van der Waals surface area contributed by atoms with Crippen LogP contribution in [0.15, 0.2) is 54.6 Å². The molecule has 1 atom stereocenters. The first-order valence-electron chi connectivity index (χ1n) is 9.40. The molecule has 1 fully saturated rings. The molecular weight excluding hydrogens is 324 g/mol. The first kappa shape index (κ1) is 18.5. The van der Waals surface area contributed by atoms with Crippen LogP contribution in [0.5, 0.6) is 5.75 Å². The third-order valence-corrected chi connectivity index (χ3v) is 4.83. The van der Waals surface area contributed by atoms with Gasteiger partial charge in [-0.2, -0.15) is 0 Å². The van der Waals surface area contributed by atoms with E-state index in [1.54, 1.807) is 0 Å². The minimum absolute atomic E-state index is 0.0750. The molecule has 3 rings (SSSR count). The maximum atomic E-state index is 12.7. The number of carbonyl (C=O) groups is 1. The van der Waals surface area contributed by atoms with Crippen molar-refractivity contribution in [2.45, 2.75) is 32.9 Å². The third-order valence-electron chi connectivity index (χ3n) is 4.83. The Bertz CT molecular complexity index is 700. The van der Waals surface area contributed by atoms with Crippen molar-refractivity contribution in [2.75, 3.05) is 26.2 Å². The molecule has 1 aliphatic heterocycles. The van der Waals surface area contributed by atoms with Gasteiger partial charge in [0.05, 0.1) is 0 Å². The van der Waals surface area contributed by atoms with Crippen molar-refractivity contribution in [3.05, 3.63) is 65.7 Å². The van der Waals surface area contributed by atoms with Gasteiger partial charge < -0.3 is 9.64 Å². The molecule has 0 bridgehead atoms. The number of para-hydroxylation sites is 1. The molecular formula is C22H28N2O2. The highest BCUT2D eigenvalue weighted by Gasteiger charge is 2.24. The molecule has 0 aliphatic carbocycles. The average Bonchev–Trinajstić information content (AvgIpc) is 2.89. The minimum atomic E-state index is -0.457. The van der Waals surface area contributed by atoms with Gasteiger partial charge in [-0.1, -0.05) is 48.0 Å². The molecule has 1 saturated heterocycles. The number of aryl methyl sites for hydroxylation is 1. The topological polar surface area (TPSA) is 32.8 Å². The predicted molar refractivity (Wildman–Crippen MR) is 104 cm³/mol. The second-order valence-electron chi connectivity index (χ2n) is 7.01. The Balaban J connectivity index is 1.52. The van der Waals surface area contributed by atoms with Gasteiger partial charge in [-0.05, 0) is 38.0 Å². The number of carbonyl (C=O) groups excluding carboxylic acids is 1. The lowest BCUT2D eigenvalue weighted by atomic mass is 10.1. The maximum absolute atomic E-state index is 12.7. The molecule has 0 aromatic heterocycles. The fourth-order valence-corrected chi connectivity index (χ4v) is 3.31. The molecule has 4 heteroatoms. The Morgan fingerprint density at radius 3 is 2.46 bits per heavy atom. The van der Waals surface area contributed by atoms with Crippen molar-refractivity contribution < 1.29 is 9.53 Å². The standard InChI is InChI=1S/C22H28N2O2/c1-18-9-11-20(12-10-18)17-23-13-6-14-24(16-15-23)22(25)19(2)26-21-7-4-3-5-8-21/h3-5,7-12,19H,6,13-17H2,1-2H3. The fourth-order valence-electron chi connectivity index (χ4n) is 3.31. The number of ether oxygens (including phenoxy) is 1. The fraction of sp³-hybridized carbons (Fsp3) is 0.409. The quantitative estimate of drug-likeness (QED) is 0.826. The van der Waals surface area contributed by atoms with E-state index in [9.17, 15) is 4.79 Å². The molecule has 0 spiro atoms. The highest BCUT2D eigenvalue weighted by Crippen LogP contribution is 2.14. The van der Waals surface area contributed by atoms with Crippen LogP contribution in [-0.4, -0.2) is 48.0 Å². The zero-order chi connectivity index (χ0) is 18.4. The second kappa shape index (κ2) is 8.86. The van der Waals surface area contributed by atoms with Crippen LogP contribution >= 0.6 is 0 Å². The Labute approximate surface area is 156 Å². The molecule has 4 nitrogen and oxygen atoms in total. The summed E-state index contributed by atoms with van der Waals surface area (Å²) in [6.07, 6.45) is 0.538. The molecule has 0 N–H and O–H groups in total. The van der Waals surface area contributed by atoms with Crippen LogP contribution < -0.4 is 4.74 Å². The van der Waals surface area contributed by atoms with E-state index in [4.69, 9.17) is 4.74 Å². The van der Waals surface area contributed by atoms with Crippen molar-refractivity contribution in [2.24, 2.45) is 0 Å². The number of nitrogens with zero attached hydrogens (tertiary/aromatic N) is 2. The van der Waals surface area contributed by atoms with Gasteiger partial charge in [0.25, 0.3) is 5.91 Å². The van der Waals surface area contributed by atoms with Crippen LogP contribution in [0.3, 0.4) is 0 Å². The van der Waals surface area contributed by atoms with Gasteiger partial charge in [-0.3, -0.25) is 9.69 Å². The number of rotatable bonds is 5. The van der Waals surface area contributed by atoms with Gasteiger partial charge in [-0.15, -0.1) is 0 Å². The maximum Gasteiger partial charge on any atom is 0.263 e. The molecule has 138 valence electrons. The molecule has 2 aromatic carbocycles. The molecule has 2 aromatic rings. The van der Waals surface area contributed by atoms with Crippen molar-refractivity contribution in [3.63, 3.8) is 0 Å². The van der Waals surface area contributed by atoms with Crippen LogP contribution in [0.4, 0.5) is 0 Å². The van der Waals surface area contributed by atoms with Crippen molar-refractivity contribution >= 4 is 5.91 Å². The summed E-state index contributed by atoms with van der Waals surface area (Å²) < 4.78 is 5.80. The number of hydrogen-bond acceptors (Lipinski definition) is 3. The number of hydrogen-bond donors (Lipinski definition) is 0. The van der Waals surface area contributed by atoms with E-state index in [2.05, 4.69) is 36.1 Å². The molecule has 26 heavy (non-hydrogen) atoms. The Hall–Kier alpha value is -2.33. The smallest absolute Gasteiger partial charge is 0.263 e. The Morgan fingerprint density at radius 1 is 1.00 bits per heavy atom. The van der Waals surface area contributed by atoms with Crippen LogP contribution in [0.2, 0.25) is 0 Å². The van der Waals surface area contributed by atoms with Crippen molar-refractivity contribution in [3.8, 4) is 5.75 Å². The summed E-state index contributed by atoms with van der Waals surface area (Å²) in [7, 11) is 0. The summed E-state index contributed by atoms with van der Waals surface area (Å²) in [4.78, 5) is 17.1. The van der Waals surface area contributed by atoms with Crippen LogP contribution in [0, 0.1) is 6.92 Å². The normalized spacial score (nSPS) is 16.8. The van der Waals surface area contributed by atoms with Crippen LogP contribution in [0.25, 0.3) is 0 Å². The lowest BCUT2D eigenvalue weighted by Crippen LogP contribution is -2.42. The number of benzene rings is 2. The van der Waals surface area contributed by atoms with Crippen LogP contribution in [0.1, 0.15) is 24.5 Å². The van der Waals surface area contributed by atoms with Gasteiger partial charge in [-0.25, -0.2) is 0 Å². The average molecular weight is 352 g/mol. The van der Waals surface area contributed by atoms with Gasteiger partial charge in [0.2, 0.25) is 0 Å². The summed E-state index contributed by atoms with van der Waals surface area (Å²) in [5, 5.41) is 0. The van der Waals surface area contributed by atoms with Crippen molar-refractivity contribution in [1.82, 2.24) is 9.80 Å². The highest BCUT2D eigenvalue weighted by atomic mass is 16.5. The zero-order valence-corrected chi connectivity index (χ0v) is 15.7. The molecule has 1 unspecified atom stereocenters. The van der Waals surface area contributed by atoms with E-state index >= 15 is 0 Å². The second-order valence-corrected chi connectivity index (χ2v) is 7.01. The first-order chi connectivity index (χ1) is 12.6. The molecule has 1 heterocycles. The lowest BCUT2D eigenvalue weighted by Gasteiger charge is -2.25. The van der Waals surface area contributed by atoms with Gasteiger partial charge in [0, 0.05) is 32.7 Å². The first-order valence-corrected chi connectivity index (χ1v) is 9.40. The highest BCUT2D eigenvalue weighted by molar-refractivity contribution is 5.81. The summed E-state index contributed by atoms with van der Waals surface area (Å²) in [5.74, 6) is 0.815. The van der Waals surface area contributed by atoms with Gasteiger partial charge in [0.15, 0.2) is 6.10 Å². The lowest BCUT2D eigenvalue weighted by molar-refractivity contribution is -0.137.